The number of benzene rings is 1. The predicted octanol–water partition coefficient (Wildman–Crippen LogP) is 0.00992. The first kappa shape index (κ1) is 21.8. The monoisotopic (exact) mass is 366 g/mol. The predicted molar refractivity (Wildman–Crippen MR) is 101 cm³/mol. The lowest BCUT2D eigenvalue weighted by Gasteiger charge is -2.22. The summed E-state index contributed by atoms with van der Waals surface area (Å²) in [5, 5.41) is 2.84. The average molecular weight is 366 g/mol. The molecule has 0 aliphatic heterocycles. The zero-order valence-electron chi connectivity index (χ0n) is 16.9. The summed E-state index contributed by atoms with van der Waals surface area (Å²) in [6, 6.07) is 3.90. The third-order valence-electron chi connectivity index (χ3n) is 4.04. The quantitative estimate of drug-likeness (QED) is 0.646. The van der Waals surface area contributed by atoms with E-state index < -0.39 is 0 Å². The SMILES string of the molecule is COc1cc(C)c(CN(C)C(=O)C[NH+](C)CC(=O)NC(C)C)cc1OC. The zero-order chi connectivity index (χ0) is 19.9. The third-order valence-corrected chi connectivity index (χ3v) is 4.04. The van der Waals surface area contributed by atoms with Gasteiger partial charge in [-0.15, -0.1) is 0 Å². The summed E-state index contributed by atoms with van der Waals surface area (Å²) in [4.78, 5) is 26.8. The van der Waals surface area contributed by atoms with Crippen LogP contribution in [0.25, 0.3) is 0 Å². The van der Waals surface area contributed by atoms with E-state index in [4.69, 9.17) is 9.47 Å². The number of ether oxygens (including phenoxy) is 2. The van der Waals surface area contributed by atoms with Crippen molar-refractivity contribution in [3.8, 4) is 11.5 Å². The van der Waals surface area contributed by atoms with Crippen molar-refractivity contribution in [2.24, 2.45) is 0 Å². The van der Waals surface area contributed by atoms with Crippen molar-refractivity contribution in [3.05, 3.63) is 23.3 Å². The Bertz CT molecular complexity index is 631. The Labute approximate surface area is 156 Å². The van der Waals surface area contributed by atoms with Crippen LogP contribution in [0.2, 0.25) is 0 Å². The largest absolute Gasteiger partial charge is 0.493 e. The van der Waals surface area contributed by atoms with E-state index in [2.05, 4.69) is 5.32 Å². The summed E-state index contributed by atoms with van der Waals surface area (Å²) in [7, 11) is 6.79. The molecule has 26 heavy (non-hydrogen) atoms. The fourth-order valence-electron chi connectivity index (χ4n) is 2.64. The zero-order valence-corrected chi connectivity index (χ0v) is 16.9. The van der Waals surface area contributed by atoms with Gasteiger partial charge in [-0.05, 0) is 44.0 Å². The van der Waals surface area contributed by atoms with Gasteiger partial charge in [-0.3, -0.25) is 9.59 Å². The van der Waals surface area contributed by atoms with Crippen LogP contribution in [0.3, 0.4) is 0 Å². The van der Waals surface area contributed by atoms with Gasteiger partial charge in [0.15, 0.2) is 24.6 Å². The Balaban J connectivity index is 2.68. The molecule has 0 aliphatic carbocycles. The molecule has 0 radical (unpaired) electrons. The van der Waals surface area contributed by atoms with Crippen molar-refractivity contribution in [3.63, 3.8) is 0 Å². The Morgan fingerprint density at radius 2 is 1.73 bits per heavy atom. The highest BCUT2D eigenvalue weighted by Gasteiger charge is 2.19. The first-order chi connectivity index (χ1) is 12.2. The van der Waals surface area contributed by atoms with Crippen LogP contribution in [0.5, 0.6) is 11.5 Å². The molecule has 7 nitrogen and oxygen atoms in total. The molecule has 0 saturated carbocycles. The molecule has 0 saturated heterocycles. The van der Waals surface area contributed by atoms with Crippen molar-refractivity contribution < 1.29 is 24.0 Å². The summed E-state index contributed by atoms with van der Waals surface area (Å²) < 4.78 is 10.6. The van der Waals surface area contributed by atoms with Gasteiger partial charge in [0, 0.05) is 19.6 Å². The second-order valence-electron chi connectivity index (χ2n) is 6.92. The van der Waals surface area contributed by atoms with Crippen LogP contribution in [0.15, 0.2) is 12.1 Å². The summed E-state index contributed by atoms with van der Waals surface area (Å²) >= 11 is 0. The minimum Gasteiger partial charge on any atom is -0.493 e. The highest BCUT2D eigenvalue weighted by Crippen LogP contribution is 2.30. The summed E-state index contributed by atoms with van der Waals surface area (Å²) in [6.07, 6.45) is 0. The molecular formula is C19H32N3O4+. The van der Waals surface area contributed by atoms with Gasteiger partial charge in [0.1, 0.15) is 0 Å². The van der Waals surface area contributed by atoms with Gasteiger partial charge in [0.05, 0.1) is 21.3 Å². The van der Waals surface area contributed by atoms with E-state index in [1.807, 2.05) is 40.0 Å². The van der Waals surface area contributed by atoms with Gasteiger partial charge in [0.25, 0.3) is 11.8 Å². The van der Waals surface area contributed by atoms with Crippen LogP contribution in [-0.2, 0) is 16.1 Å². The molecule has 1 rings (SSSR count). The molecule has 0 aromatic heterocycles. The van der Waals surface area contributed by atoms with Crippen molar-refractivity contribution in [2.75, 3.05) is 41.4 Å². The van der Waals surface area contributed by atoms with Gasteiger partial charge in [-0.1, -0.05) is 0 Å². The second-order valence-corrected chi connectivity index (χ2v) is 6.92. The lowest BCUT2D eigenvalue weighted by molar-refractivity contribution is -0.863. The highest BCUT2D eigenvalue weighted by molar-refractivity contribution is 5.79. The van der Waals surface area contributed by atoms with Crippen molar-refractivity contribution >= 4 is 11.8 Å². The Hall–Kier alpha value is -2.28. The number of amides is 2. The molecule has 7 heteroatoms. The van der Waals surface area contributed by atoms with Gasteiger partial charge in [0.2, 0.25) is 0 Å². The molecule has 0 heterocycles. The number of aryl methyl sites for hydroxylation is 1. The summed E-state index contributed by atoms with van der Waals surface area (Å²) in [6.45, 7) is 6.80. The molecule has 2 N–H and O–H groups in total. The molecule has 1 unspecified atom stereocenters. The van der Waals surface area contributed by atoms with E-state index in [1.165, 1.54) is 0 Å². The van der Waals surface area contributed by atoms with Crippen LogP contribution >= 0.6 is 0 Å². The molecule has 2 amide bonds. The Kier molecular flexibility index (Phi) is 8.38. The third kappa shape index (κ3) is 6.55. The fraction of sp³-hybridized carbons (Fsp3) is 0.579. The maximum Gasteiger partial charge on any atom is 0.277 e. The van der Waals surface area contributed by atoms with E-state index in [0.29, 0.717) is 18.0 Å². The number of likely N-dealkylation sites (N-methyl/N-ethyl adjacent to an activating group) is 2. The van der Waals surface area contributed by atoms with Crippen molar-refractivity contribution in [1.29, 1.82) is 0 Å². The molecule has 0 fully saturated rings. The van der Waals surface area contributed by atoms with Crippen LogP contribution in [0.4, 0.5) is 0 Å². The molecule has 146 valence electrons. The molecule has 1 aromatic carbocycles. The number of hydrogen-bond donors (Lipinski definition) is 2. The maximum atomic E-state index is 12.5. The van der Waals surface area contributed by atoms with Crippen molar-refractivity contribution in [2.45, 2.75) is 33.4 Å². The van der Waals surface area contributed by atoms with E-state index in [9.17, 15) is 9.59 Å². The van der Waals surface area contributed by atoms with E-state index in [-0.39, 0.29) is 30.9 Å². The molecule has 1 aromatic rings. The van der Waals surface area contributed by atoms with Gasteiger partial charge in [-0.25, -0.2) is 0 Å². The molecule has 1 atom stereocenters. The molecule has 0 bridgehead atoms. The minimum atomic E-state index is -0.0521. The number of hydrogen-bond acceptors (Lipinski definition) is 4. The first-order valence-corrected chi connectivity index (χ1v) is 8.74. The number of methoxy groups -OCH3 is 2. The normalized spacial score (nSPS) is 11.8. The summed E-state index contributed by atoms with van der Waals surface area (Å²) in [5.41, 5.74) is 2.02. The van der Waals surface area contributed by atoms with Crippen LogP contribution in [0, 0.1) is 6.92 Å². The van der Waals surface area contributed by atoms with E-state index in [0.717, 1.165) is 16.0 Å². The topological polar surface area (TPSA) is 72.3 Å². The van der Waals surface area contributed by atoms with Gasteiger partial charge >= 0.3 is 0 Å². The van der Waals surface area contributed by atoms with Crippen molar-refractivity contribution in [1.82, 2.24) is 10.2 Å². The Morgan fingerprint density at radius 3 is 2.27 bits per heavy atom. The number of carbonyl (C=O) groups excluding carboxylic acids is 2. The van der Waals surface area contributed by atoms with Crippen LogP contribution in [0.1, 0.15) is 25.0 Å². The molecule has 0 aliphatic rings. The maximum absolute atomic E-state index is 12.5. The van der Waals surface area contributed by atoms with E-state index >= 15 is 0 Å². The lowest BCUT2D eigenvalue weighted by Crippen LogP contribution is -3.11. The molecule has 0 spiro atoms. The number of rotatable bonds is 9. The second kappa shape index (κ2) is 10.0. The summed E-state index contributed by atoms with van der Waals surface area (Å²) in [5.74, 6) is 1.24. The number of nitrogens with zero attached hydrogens (tertiary/aromatic N) is 1. The highest BCUT2D eigenvalue weighted by atomic mass is 16.5. The smallest absolute Gasteiger partial charge is 0.277 e. The van der Waals surface area contributed by atoms with Gasteiger partial charge < -0.3 is 24.6 Å². The fourth-order valence-corrected chi connectivity index (χ4v) is 2.64. The average Bonchev–Trinajstić information content (AvgIpc) is 2.54. The Morgan fingerprint density at radius 1 is 1.15 bits per heavy atom. The number of carbonyl (C=O) groups is 2. The first-order valence-electron chi connectivity index (χ1n) is 8.74. The van der Waals surface area contributed by atoms with Crippen LogP contribution in [-0.4, -0.2) is 64.2 Å². The van der Waals surface area contributed by atoms with Crippen LogP contribution < -0.4 is 19.7 Å². The van der Waals surface area contributed by atoms with E-state index in [1.54, 1.807) is 26.2 Å². The lowest BCUT2D eigenvalue weighted by atomic mass is 10.1. The number of quaternary nitrogens is 1. The van der Waals surface area contributed by atoms with Gasteiger partial charge in [-0.2, -0.15) is 0 Å². The molecular weight excluding hydrogens is 334 g/mol. The minimum absolute atomic E-state index is 0.0194. The standard InChI is InChI=1S/C19H31N3O4/c1-13(2)20-18(23)11-21(4)12-19(24)22(5)10-15-9-17(26-7)16(25-6)8-14(15)3/h8-9,13H,10-12H2,1-7H3,(H,20,23)/p+1. The number of nitrogens with one attached hydrogen (secondary N) is 2.